The molecular weight excluding hydrogens is 352 g/mol. The van der Waals surface area contributed by atoms with E-state index >= 15 is 0 Å². The fraction of sp³-hybridized carbons (Fsp3) is 0.217. The molecule has 1 fully saturated rings. The molecule has 4 heteroatoms. The first kappa shape index (κ1) is 17.8. The minimum Gasteiger partial charge on any atom is -0.325 e. The number of hydrogen-bond donors (Lipinski definition) is 0. The van der Waals surface area contributed by atoms with Gasteiger partial charge in [-0.25, -0.2) is 0 Å². The van der Waals surface area contributed by atoms with Crippen LogP contribution >= 0.6 is 11.8 Å². The van der Waals surface area contributed by atoms with E-state index in [2.05, 4.69) is 54.4 Å². The van der Waals surface area contributed by atoms with E-state index in [1.807, 2.05) is 35.5 Å². The number of amides is 1. The predicted octanol–water partition coefficient (Wildman–Crippen LogP) is 4.87. The van der Waals surface area contributed by atoms with Crippen LogP contribution in [-0.4, -0.2) is 28.1 Å². The van der Waals surface area contributed by atoms with Crippen LogP contribution in [0.4, 0.5) is 0 Å². The predicted molar refractivity (Wildman–Crippen MR) is 111 cm³/mol. The van der Waals surface area contributed by atoms with Gasteiger partial charge in [-0.05, 0) is 36.1 Å². The van der Waals surface area contributed by atoms with E-state index in [1.165, 1.54) is 16.7 Å². The summed E-state index contributed by atoms with van der Waals surface area (Å²) in [6.07, 6.45) is 4.61. The highest BCUT2D eigenvalue weighted by atomic mass is 32.2. The number of pyridine rings is 1. The quantitative estimate of drug-likeness (QED) is 0.638. The molecule has 0 saturated carbocycles. The first-order valence-electron chi connectivity index (χ1n) is 9.18. The van der Waals surface area contributed by atoms with Gasteiger partial charge in [0.1, 0.15) is 5.37 Å². The molecule has 1 saturated heterocycles. The number of nitrogens with zero attached hydrogens (tertiary/aromatic N) is 2. The Morgan fingerprint density at radius 1 is 1.07 bits per heavy atom. The van der Waals surface area contributed by atoms with Crippen LogP contribution in [0.3, 0.4) is 0 Å². The smallest absolute Gasteiger partial charge is 0.233 e. The van der Waals surface area contributed by atoms with Crippen LogP contribution in [0.15, 0.2) is 73.1 Å². The standard InChI is InChI=1S/C23H22N2OS/c1-17-7-9-19(10-8-17)20-11-13-24-15-21(20)23-25(22(26)16-27-23)14-12-18-5-3-2-4-6-18/h2-11,13,15,23H,12,14,16H2,1H3. The summed E-state index contributed by atoms with van der Waals surface area (Å²) >= 11 is 1.70. The van der Waals surface area contributed by atoms with Gasteiger partial charge in [-0.3, -0.25) is 9.78 Å². The van der Waals surface area contributed by atoms with Crippen LogP contribution in [0.2, 0.25) is 0 Å². The van der Waals surface area contributed by atoms with Gasteiger partial charge in [-0.1, -0.05) is 60.2 Å². The van der Waals surface area contributed by atoms with Gasteiger partial charge in [0.15, 0.2) is 0 Å². The second kappa shape index (κ2) is 7.97. The Bertz CT molecular complexity index is 925. The first-order valence-corrected chi connectivity index (χ1v) is 10.2. The minimum absolute atomic E-state index is 0.0196. The fourth-order valence-corrected chi connectivity index (χ4v) is 4.68. The summed E-state index contributed by atoms with van der Waals surface area (Å²) < 4.78 is 0. The second-order valence-corrected chi connectivity index (χ2v) is 7.88. The Balaban J connectivity index is 1.62. The van der Waals surface area contributed by atoms with Crippen LogP contribution in [0.25, 0.3) is 11.1 Å². The number of benzene rings is 2. The molecule has 136 valence electrons. The van der Waals surface area contributed by atoms with Crippen molar-refractivity contribution in [3.63, 3.8) is 0 Å². The average molecular weight is 375 g/mol. The van der Waals surface area contributed by atoms with E-state index in [4.69, 9.17) is 0 Å². The summed E-state index contributed by atoms with van der Waals surface area (Å²) in [7, 11) is 0. The Labute approximate surface area is 164 Å². The van der Waals surface area contributed by atoms with E-state index < -0.39 is 0 Å². The normalized spacial score (nSPS) is 16.7. The molecule has 1 amide bonds. The van der Waals surface area contributed by atoms with Gasteiger partial charge in [-0.15, -0.1) is 11.8 Å². The molecule has 0 spiro atoms. The van der Waals surface area contributed by atoms with E-state index in [1.54, 1.807) is 11.8 Å². The zero-order chi connectivity index (χ0) is 18.6. The number of hydrogen-bond acceptors (Lipinski definition) is 3. The summed E-state index contributed by atoms with van der Waals surface area (Å²) in [4.78, 5) is 18.9. The van der Waals surface area contributed by atoms with Crippen molar-refractivity contribution in [3.05, 3.63) is 89.7 Å². The van der Waals surface area contributed by atoms with Gasteiger partial charge in [-0.2, -0.15) is 0 Å². The van der Waals surface area contributed by atoms with Gasteiger partial charge in [0.2, 0.25) is 5.91 Å². The van der Waals surface area contributed by atoms with Crippen LogP contribution < -0.4 is 0 Å². The van der Waals surface area contributed by atoms with Crippen molar-refractivity contribution in [2.24, 2.45) is 0 Å². The Morgan fingerprint density at radius 3 is 2.63 bits per heavy atom. The molecule has 1 unspecified atom stereocenters. The molecule has 0 aliphatic carbocycles. The number of rotatable bonds is 5. The van der Waals surface area contributed by atoms with Gasteiger partial charge < -0.3 is 4.90 Å². The summed E-state index contributed by atoms with van der Waals surface area (Å²) in [5, 5.41) is 0.0196. The zero-order valence-corrected chi connectivity index (χ0v) is 16.2. The molecule has 1 aromatic heterocycles. The molecule has 2 aromatic carbocycles. The maximum atomic E-state index is 12.6. The molecule has 3 aromatic rings. The summed E-state index contributed by atoms with van der Waals surface area (Å²) in [5.41, 5.74) is 5.93. The molecule has 1 aliphatic heterocycles. The van der Waals surface area contributed by atoms with E-state index in [0.717, 1.165) is 24.1 Å². The van der Waals surface area contributed by atoms with Gasteiger partial charge in [0, 0.05) is 24.5 Å². The van der Waals surface area contributed by atoms with Gasteiger partial charge >= 0.3 is 0 Å². The van der Waals surface area contributed by atoms with Gasteiger partial charge in [0.05, 0.1) is 5.75 Å². The highest BCUT2D eigenvalue weighted by molar-refractivity contribution is 8.00. The van der Waals surface area contributed by atoms with Crippen LogP contribution in [0.1, 0.15) is 22.1 Å². The number of carbonyl (C=O) groups is 1. The summed E-state index contributed by atoms with van der Waals surface area (Å²) in [6, 6.07) is 20.9. The summed E-state index contributed by atoms with van der Waals surface area (Å²) in [5.74, 6) is 0.737. The fourth-order valence-electron chi connectivity index (χ4n) is 3.45. The third kappa shape index (κ3) is 3.91. The van der Waals surface area contributed by atoms with Crippen molar-refractivity contribution in [3.8, 4) is 11.1 Å². The monoisotopic (exact) mass is 374 g/mol. The lowest BCUT2D eigenvalue weighted by Gasteiger charge is -2.26. The maximum absolute atomic E-state index is 12.6. The van der Waals surface area contributed by atoms with E-state index in [-0.39, 0.29) is 11.3 Å². The number of carbonyl (C=O) groups excluding carboxylic acids is 1. The van der Waals surface area contributed by atoms with E-state index in [0.29, 0.717) is 5.75 Å². The Hall–Kier alpha value is -2.59. The number of aryl methyl sites for hydroxylation is 1. The topological polar surface area (TPSA) is 33.2 Å². The van der Waals surface area contributed by atoms with Crippen molar-refractivity contribution in [1.82, 2.24) is 9.88 Å². The lowest BCUT2D eigenvalue weighted by atomic mass is 10.00. The molecule has 0 N–H and O–H groups in total. The lowest BCUT2D eigenvalue weighted by Crippen LogP contribution is -2.30. The third-order valence-corrected chi connectivity index (χ3v) is 6.17. The van der Waals surface area contributed by atoms with Crippen molar-refractivity contribution >= 4 is 17.7 Å². The third-order valence-electron chi connectivity index (χ3n) is 4.93. The molecule has 2 heterocycles. The SMILES string of the molecule is Cc1ccc(-c2ccncc2C2SCC(=O)N2CCc2ccccc2)cc1. The Kier molecular flexibility index (Phi) is 5.26. The van der Waals surface area contributed by atoms with Gasteiger partial charge in [0.25, 0.3) is 0 Å². The first-order chi connectivity index (χ1) is 13.2. The maximum Gasteiger partial charge on any atom is 0.233 e. The van der Waals surface area contributed by atoms with Crippen LogP contribution in [-0.2, 0) is 11.2 Å². The molecule has 4 rings (SSSR count). The van der Waals surface area contributed by atoms with Crippen LogP contribution in [0, 0.1) is 6.92 Å². The largest absolute Gasteiger partial charge is 0.325 e. The van der Waals surface area contributed by atoms with E-state index in [9.17, 15) is 4.79 Å². The molecule has 1 aliphatic rings. The van der Waals surface area contributed by atoms with Crippen molar-refractivity contribution < 1.29 is 4.79 Å². The van der Waals surface area contributed by atoms with Crippen molar-refractivity contribution in [1.29, 1.82) is 0 Å². The van der Waals surface area contributed by atoms with Crippen molar-refractivity contribution in [2.75, 3.05) is 12.3 Å². The molecule has 0 bridgehead atoms. The van der Waals surface area contributed by atoms with Crippen LogP contribution in [0.5, 0.6) is 0 Å². The molecule has 27 heavy (non-hydrogen) atoms. The number of thioether (sulfide) groups is 1. The molecule has 0 radical (unpaired) electrons. The molecular formula is C23H22N2OS. The minimum atomic E-state index is 0.0196. The highest BCUT2D eigenvalue weighted by Gasteiger charge is 2.34. The highest BCUT2D eigenvalue weighted by Crippen LogP contribution is 2.42. The molecule has 1 atom stereocenters. The second-order valence-electron chi connectivity index (χ2n) is 6.82. The van der Waals surface area contributed by atoms with Crippen molar-refractivity contribution in [2.45, 2.75) is 18.7 Å². The average Bonchev–Trinajstić information content (AvgIpc) is 3.08. The summed E-state index contributed by atoms with van der Waals surface area (Å²) in [6.45, 7) is 2.82. The lowest BCUT2D eigenvalue weighted by molar-refractivity contribution is -0.128. The zero-order valence-electron chi connectivity index (χ0n) is 15.3. The molecule has 3 nitrogen and oxygen atoms in total. The Morgan fingerprint density at radius 2 is 1.85 bits per heavy atom. The number of aromatic nitrogens is 1.